The summed E-state index contributed by atoms with van der Waals surface area (Å²) in [6, 6.07) is 5.05. The second-order valence-corrected chi connectivity index (χ2v) is 4.10. The maximum absolute atomic E-state index is 11.4. The molecule has 0 radical (unpaired) electrons. The average Bonchev–Trinajstić information content (AvgIpc) is 2.20. The van der Waals surface area contributed by atoms with Crippen LogP contribution in [-0.2, 0) is 4.79 Å². The zero-order chi connectivity index (χ0) is 11.3. The summed E-state index contributed by atoms with van der Waals surface area (Å²) < 4.78 is 0. The number of anilines is 1. The fourth-order valence-electron chi connectivity index (χ4n) is 1.13. The van der Waals surface area contributed by atoms with Crippen LogP contribution >= 0.6 is 23.2 Å². The second-order valence-electron chi connectivity index (χ2n) is 3.28. The molecule has 0 bridgehead atoms. The number of hydrogen-bond acceptors (Lipinski definition) is 1. The molecule has 0 aliphatic carbocycles. The average molecular weight is 246 g/mol. The maximum Gasteiger partial charge on any atom is 0.224 e. The van der Waals surface area contributed by atoms with Gasteiger partial charge in [0.05, 0.1) is 10.0 Å². The summed E-state index contributed by atoms with van der Waals surface area (Å²) in [6.45, 7) is 2.05. The first-order valence-electron chi connectivity index (χ1n) is 4.88. The Morgan fingerprint density at radius 1 is 1.33 bits per heavy atom. The van der Waals surface area contributed by atoms with Gasteiger partial charge in [-0.05, 0) is 24.6 Å². The van der Waals surface area contributed by atoms with Crippen molar-refractivity contribution in [2.75, 3.05) is 5.32 Å². The molecule has 15 heavy (non-hydrogen) atoms. The molecule has 0 aromatic heterocycles. The lowest BCUT2D eigenvalue weighted by Crippen LogP contribution is -2.10. The van der Waals surface area contributed by atoms with Crippen molar-refractivity contribution in [1.82, 2.24) is 0 Å². The number of carbonyl (C=O) groups is 1. The first kappa shape index (κ1) is 12.3. The Kier molecular flexibility index (Phi) is 4.92. The lowest BCUT2D eigenvalue weighted by Gasteiger charge is -2.05. The van der Waals surface area contributed by atoms with Gasteiger partial charge in [-0.3, -0.25) is 4.79 Å². The number of nitrogens with one attached hydrogen (secondary N) is 1. The molecular formula is C11H13Cl2NO. The summed E-state index contributed by atoms with van der Waals surface area (Å²) in [6.07, 6.45) is 2.44. The third-order valence-corrected chi connectivity index (χ3v) is 2.70. The Morgan fingerprint density at radius 2 is 2.07 bits per heavy atom. The van der Waals surface area contributed by atoms with E-state index in [2.05, 4.69) is 5.32 Å². The van der Waals surface area contributed by atoms with Crippen molar-refractivity contribution in [1.29, 1.82) is 0 Å². The van der Waals surface area contributed by atoms with Crippen molar-refractivity contribution < 1.29 is 4.79 Å². The molecule has 2 nitrogen and oxygen atoms in total. The highest BCUT2D eigenvalue weighted by Crippen LogP contribution is 2.25. The number of hydrogen-bond donors (Lipinski definition) is 1. The quantitative estimate of drug-likeness (QED) is 0.850. The number of amides is 1. The summed E-state index contributed by atoms with van der Waals surface area (Å²) in [5, 5.41) is 3.70. The monoisotopic (exact) mass is 245 g/mol. The minimum atomic E-state index is 0.00948. The van der Waals surface area contributed by atoms with Crippen LogP contribution in [0.15, 0.2) is 18.2 Å². The minimum Gasteiger partial charge on any atom is -0.326 e. The first-order valence-corrected chi connectivity index (χ1v) is 5.64. The van der Waals surface area contributed by atoms with Crippen molar-refractivity contribution in [3.05, 3.63) is 28.2 Å². The van der Waals surface area contributed by atoms with Gasteiger partial charge in [0.2, 0.25) is 5.91 Å². The van der Waals surface area contributed by atoms with Crippen LogP contribution in [0.3, 0.4) is 0 Å². The normalized spacial score (nSPS) is 10.1. The molecular weight excluding hydrogens is 233 g/mol. The summed E-state index contributed by atoms with van der Waals surface area (Å²) >= 11 is 11.6. The highest BCUT2D eigenvalue weighted by molar-refractivity contribution is 6.42. The molecule has 1 aromatic rings. The highest BCUT2D eigenvalue weighted by Gasteiger charge is 2.03. The first-order chi connectivity index (χ1) is 7.13. The molecule has 1 rings (SSSR count). The topological polar surface area (TPSA) is 29.1 Å². The van der Waals surface area contributed by atoms with E-state index in [4.69, 9.17) is 23.2 Å². The lowest BCUT2D eigenvalue weighted by atomic mass is 10.2. The fourth-order valence-corrected chi connectivity index (χ4v) is 1.43. The van der Waals surface area contributed by atoms with Gasteiger partial charge in [-0.15, -0.1) is 0 Å². The standard InChI is InChI=1S/C11H13Cl2NO/c1-2-3-4-11(15)14-8-5-6-9(12)10(13)7-8/h5-7H,2-4H2,1H3,(H,14,15). The van der Waals surface area contributed by atoms with E-state index in [1.54, 1.807) is 18.2 Å². The van der Waals surface area contributed by atoms with Crippen molar-refractivity contribution in [2.45, 2.75) is 26.2 Å². The molecule has 1 N–H and O–H groups in total. The predicted octanol–water partition coefficient (Wildman–Crippen LogP) is 4.12. The largest absolute Gasteiger partial charge is 0.326 e. The molecule has 0 heterocycles. The summed E-state index contributed by atoms with van der Waals surface area (Å²) in [7, 11) is 0. The minimum absolute atomic E-state index is 0.00948. The van der Waals surface area contributed by atoms with Crippen LogP contribution in [0.4, 0.5) is 5.69 Å². The second kappa shape index (κ2) is 5.99. The van der Waals surface area contributed by atoms with E-state index in [-0.39, 0.29) is 5.91 Å². The number of benzene rings is 1. The van der Waals surface area contributed by atoms with Crippen LogP contribution in [-0.4, -0.2) is 5.91 Å². The summed E-state index contributed by atoms with van der Waals surface area (Å²) in [5.74, 6) is 0.00948. The smallest absolute Gasteiger partial charge is 0.224 e. The van der Waals surface area contributed by atoms with Crippen LogP contribution in [0.1, 0.15) is 26.2 Å². The van der Waals surface area contributed by atoms with Gasteiger partial charge in [0.15, 0.2) is 0 Å². The van der Waals surface area contributed by atoms with Crippen molar-refractivity contribution >= 4 is 34.8 Å². The molecule has 1 amide bonds. The summed E-state index contributed by atoms with van der Waals surface area (Å²) in [5.41, 5.74) is 0.686. The van der Waals surface area contributed by atoms with E-state index in [0.717, 1.165) is 12.8 Å². The van der Waals surface area contributed by atoms with E-state index in [0.29, 0.717) is 22.2 Å². The van der Waals surface area contributed by atoms with Gasteiger partial charge >= 0.3 is 0 Å². The Bertz CT molecular complexity index is 352. The Labute approximate surface area is 99.6 Å². The molecule has 82 valence electrons. The number of halogens is 2. The van der Waals surface area contributed by atoms with Gasteiger partial charge < -0.3 is 5.32 Å². The number of rotatable bonds is 4. The molecule has 0 aliphatic heterocycles. The third-order valence-electron chi connectivity index (χ3n) is 1.96. The van der Waals surface area contributed by atoms with Gasteiger partial charge in [0, 0.05) is 12.1 Å². The van der Waals surface area contributed by atoms with Gasteiger partial charge in [-0.2, -0.15) is 0 Å². The van der Waals surface area contributed by atoms with Crippen LogP contribution in [0, 0.1) is 0 Å². The third kappa shape index (κ3) is 4.10. The molecule has 0 spiro atoms. The highest BCUT2D eigenvalue weighted by atomic mass is 35.5. The van der Waals surface area contributed by atoms with Crippen molar-refractivity contribution in [3.8, 4) is 0 Å². The van der Waals surface area contributed by atoms with E-state index in [9.17, 15) is 4.79 Å². The molecule has 0 atom stereocenters. The maximum atomic E-state index is 11.4. The van der Waals surface area contributed by atoms with E-state index in [1.165, 1.54) is 0 Å². The van der Waals surface area contributed by atoms with E-state index in [1.807, 2.05) is 6.92 Å². The van der Waals surface area contributed by atoms with Crippen LogP contribution < -0.4 is 5.32 Å². The van der Waals surface area contributed by atoms with E-state index >= 15 is 0 Å². The Hall–Kier alpha value is -0.730. The van der Waals surface area contributed by atoms with E-state index < -0.39 is 0 Å². The SMILES string of the molecule is CCCCC(=O)Nc1ccc(Cl)c(Cl)c1. The van der Waals surface area contributed by atoms with Gasteiger partial charge in [-0.1, -0.05) is 36.5 Å². The number of carbonyl (C=O) groups excluding carboxylic acids is 1. The molecule has 0 saturated heterocycles. The molecule has 0 unspecified atom stereocenters. The number of unbranched alkanes of at least 4 members (excludes halogenated alkanes) is 1. The zero-order valence-electron chi connectivity index (χ0n) is 8.52. The van der Waals surface area contributed by atoms with Gasteiger partial charge in [0.1, 0.15) is 0 Å². The van der Waals surface area contributed by atoms with Crippen LogP contribution in [0.25, 0.3) is 0 Å². The predicted molar refractivity (Wildman–Crippen MR) is 64.6 cm³/mol. The lowest BCUT2D eigenvalue weighted by molar-refractivity contribution is -0.116. The zero-order valence-corrected chi connectivity index (χ0v) is 10.0. The molecule has 0 fully saturated rings. The van der Waals surface area contributed by atoms with Gasteiger partial charge in [0.25, 0.3) is 0 Å². The molecule has 0 aliphatic rings. The van der Waals surface area contributed by atoms with Crippen molar-refractivity contribution in [2.24, 2.45) is 0 Å². The molecule has 4 heteroatoms. The molecule has 0 saturated carbocycles. The Morgan fingerprint density at radius 3 is 2.67 bits per heavy atom. The Balaban J connectivity index is 2.57. The molecule has 1 aromatic carbocycles. The van der Waals surface area contributed by atoms with Crippen LogP contribution in [0.2, 0.25) is 10.0 Å². The van der Waals surface area contributed by atoms with Crippen LogP contribution in [0.5, 0.6) is 0 Å². The fraction of sp³-hybridized carbons (Fsp3) is 0.364. The summed E-state index contributed by atoms with van der Waals surface area (Å²) in [4.78, 5) is 11.4. The van der Waals surface area contributed by atoms with Crippen molar-refractivity contribution in [3.63, 3.8) is 0 Å². The van der Waals surface area contributed by atoms with Gasteiger partial charge in [-0.25, -0.2) is 0 Å².